The molecule has 1 amide bonds. The molecule has 1 aliphatic heterocycles. The van der Waals surface area contributed by atoms with Crippen LogP contribution in [0.4, 0.5) is 5.69 Å². The minimum Gasteiger partial charge on any atom is -0.368 e. The molecule has 0 aromatic heterocycles. The monoisotopic (exact) mass is 204 g/mol. The number of rotatable bonds is 2. The third kappa shape index (κ3) is 1.58. The van der Waals surface area contributed by atoms with Crippen molar-refractivity contribution in [2.45, 2.75) is 32.4 Å². The van der Waals surface area contributed by atoms with E-state index in [0.717, 1.165) is 12.1 Å². The third-order valence-electron chi connectivity index (χ3n) is 2.90. The first-order valence-electron chi connectivity index (χ1n) is 5.27. The minimum absolute atomic E-state index is 0.178. The molecule has 1 aromatic rings. The van der Waals surface area contributed by atoms with Crippen molar-refractivity contribution in [1.29, 1.82) is 0 Å². The van der Waals surface area contributed by atoms with Gasteiger partial charge in [-0.15, -0.1) is 0 Å². The molecule has 1 aliphatic rings. The summed E-state index contributed by atoms with van der Waals surface area (Å²) in [6.45, 7) is 4.16. The Kier molecular flexibility index (Phi) is 2.39. The van der Waals surface area contributed by atoms with Crippen molar-refractivity contribution in [2.24, 2.45) is 5.73 Å². The van der Waals surface area contributed by atoms with Crippen LogP contribution < -0.4 is 10.6 Å². The van der Waals surface area contributed by atoms with Gasteiger partial charge in [-0.3, -0.25) is 4.79 Å². The van der Waals surface area contributed by atoms with Gasteiger partial charge < -0.3 is 10.6 Å². The van der Waals surface area contributed by atoms with Gasteiger partial charge in [0.2, 0.25) is 5.91 Å². The van der Waals surface area contributed by atoms with Gasteiger partial charge in [0.1, 0.15) is 6.04 Å². The number of hydrogen-bond donors (Lipinski definition) is 1. The van der Waals surface area contributed by atoms with Crippen LogP contribution in [0.2, 0.25) is 0 Å². The number of primary amides is 1. The molecule has 0 spiro atoms. The molecule has 1 heterocycles. The molecule has 0 saturated carbocycles. The van der Waals surface area contributed by atoms with E-state index in [1.165, 1.54) is 5.56 Å². The van der Waals surface area contributed by atoms with E-state index >= 15 is 0 Å². The molecule has 2 N–H and O–H groups in total. The maximum atomic E-state index is 11.4. The number of nitrogens with two attached hydrogens (primary N) is 1. The van der Waals surface area contributed by atoms with Crippen LogP contribution in [0.1, 0.15) is 19.4 Å². The smallest absolute Gasteiger partial charge is 0.240 e. The van der Waals surface area contributed by atoms with Gasteiger partial charge in [0, 0.05) is 18.2 Å². The molecule has 3 heteroatoms. The maximum Gasteiger partial charge on any atom is 0.240 e. The van der Waals surface area contributed by atoms with Crippen molar-refractivity contribution in [2.75, 3.05) is 4.90 Å². The van der Waals surface area contributed by atoms with Gasteiger partial charge in [0.05, 0.1) is 0 Å². The van der Waals surface area contributed by atoms with E-state index in [9.17, 15) is 4.79 Å². The highest BCUT2D eigenvalue weighted by Gasteiger charge is 2.34. The first kappa shape index (κ1) is 10.0. The molecular formula is C12H16N2O. The highest BCUT2D eigenvalue weighted by atomic mass is 16.1. The fourth-order valence-corrected chi connectivity index (χ4v) is 2.29. The van der Waals surface area contributed by atoms with Crippen LogP contribution in [-0.4, -0.2) is 18.0 Å². The summed E-state index contributed by atoms with van der Waals surface area (Å²) in [5, 5.41) is 0. The van der Waals surface area contributed by atoms with E-state index in [-0.39, 0.29) is 11.9 Å². The first-order valence-corrected chi connectivity index (χ1v) is 5.27. The Hall–Kier alpha value is -1.51. The molecule has 0 bridgehead atoms. The van der Waals surface area contributed by atoms with Gasteiger partial charge in [-0.05, 0) is 25.5 Å². The van der Waals surface area contributed by atoms with E-state index in [0.29, 0.717) is 6.04 Å². The lowest BCUT2D eigenvalue weighted by Gasteiger charge is -2.29. The number of carbonyl (C=O) groups is 1. The fraction of sp³-hybridized carbons (Fsp3) is 0.417. The van der Waals surface area contributed by atoms with Crippen LogP contribution in [0.15, 0.2) is 24.3 Å². The lowest BCUT2D eigenvalue weighted by molar-refractivity contribution is -0.119. The van der Waals surface area contributed by atoms with Gasteiger partial charge in [0.25, 0.3) is 0 Å². The van der Waals surface area contributed by atoms with E-state index < -0.39 is 0 Å². The molecule has 15 heavy (non-hydrogen) atoms. The Morgan fingerprint density at radius 3 is 2.73 bits per heavy atom. The second kappa shape index (κ2) is 3.57. The standard InChI is InChI=1S/C12H16N2O/c1-8(2)14-10-6-4-3-5-9(10)7-11(14)12(13)15/h3-6,8,11H,7H2,1-2H3,(H2,13,15)/t11-/m0/s1. The summed E-state index contributed by atoms with van der Waals surface area (Å²) in [4.78, 5) is 13.5. The zero-order valence-corrected chi connectivity index (χ0v) is 9.10. The molecule has 0 radical (unpaired) electrons. The summed E-state index contributed by atoms with van der Waals surface area (Å²) in [6.07, 6.45) is 0.740. The number of fused-ring (bicyclic) bond motifs is 1. The number of hydrogen-bond acceptors (Lipinski definition) is 2. The number of para-hydroxylation sites is 1. The van der Waals surface area contributed by atoms with Crippen molar-refractivity contribution < 1.29 is 4.79 Å². The van der Waals surface area contributed by atoms with Gasteiger partial charge >= 0.3 is 0 Å². The quantitative estimate of drug-likeness (QED) is 0.789. The Labute approximate surface area is 89.9 Å². The molecule has 1 aromatic carbocycles. The zero-order chi connectivity index (χ0) is 11.0. The molecule has 0 unspecified atom stereocenters. The summed E-state index contributed by atoms with van der Waals surface area (Å²) < 4.78 is 0. The predicted molar refractivity (Wildman–Crippen MR) is 60.7 cm³/mol. The Morgan fingerprint density at radius 1 is 1.47 bits per heavy atom. The third-order valence-corrected chi connectivity index (χ3v) is 2.90. The topological polar surface area (TPSA) is 46.3 Å². The average Bonchev–Trinajstić information content (AvgIpc) is 2.56. The molecular weight excluding hydrogens is 188 g/mol. The molecule has 2 rings (SSSR count). The van der Waals surface area contributed by atoms with E-state index in [1.807, 2.05) is 12.1 Å². The SMILES string of the molecule is CC(C)N1c2ccccc2C[C@H]1C(N)=O. The van der Waals surface area contributed by atoms with Crippen LogP contribution in [-0.2, 0) is 11.2 Å². The average molecular weight is 204 g/mol. The summed E-state index contributed by atoms with van der Waals surface area (Å²) in [7, 11) is 0. The zero-order valence-electron chi connectivity index (χ0n) is 9.10. The molecule has 0 saturated heterocycles. The summed E-state index contributed by atoms with van der Waals surface area (Å²) in [6, 6.07) is 8.23. The van der Waals surface area contributed by atoms with Crippen molar-refractivity contribution in [3.8, 4) is 0 Å². The molecule has 80 valence electrons. The van der Waals surface area contributed by atoms with Gasteiger partial charge in [-0.25, -0.2) is 0 Å². The molecule has 0 aliphatic carbocycles. The number of amides is 1. The van der Waals surface area contributed by atoms with Crippen LogP contribution in [0, 0.1) is 0 Å². The number of anilines is 1. The summed E-state index contributed by atoms with van der Waals surface area (Å²) in [5.74, 6) is -0.236. The Balaban J connectivity index is 2.42. The molecule has 3 nitrogen and oxygen atoms in total. The number of benzene rings is 1. The second-order valence-electron chi connectivity index (χ2n) is 4.25. The molecule has 1 atom stereocenters. The van der Waals surface area contributed by atoms with Gasteiger partial charge in [-0.2, -0.15) is 0 Å². The van der Waals surface area contributed by atoms with Crippen LogP contribution >= 0.6 is 0 Å². The van der Waals surface area contributed by atoms with Gasteiger partial charge in [-0.1, -0.05) is 18.2 Å². The van der Waals surface area contributed by atoms with Crippen molar-refractivity contribution >= 4 is 11.6 Å². The van der Waals surface area contributed by atoms with Crippen molar-refractivity contribution in [1.82, 2.24) is 0 Å². The fourth-order valence-electron chi connectivity index (χ4n) is 2.29. The lowest BCUT2D eigenvalue weighted by Crippen LogP contribution is -2.46. The van der Waals surface area contributed by atoms with Gasteiger partial charge in [0.15, 0.2) is 0 Å². The van der Waals surface area contributed by atoms with Crippen molar-refractivity contribution in [3.63, 3.8) is 0 Å². The normalized spacial score (nSPS) is 19.4. The summed E-state index contributed by atoms with van der Waals surface area (Å²) in [5.41, 5.74) is 7.79. The Morgan fingerprint density at radius 2 is 2.13 bits per heavy atom. The Bertz CT molecular complexity index is 387. The highest BCUT2D eigenvalue weighted by Crippen LogP contribution is 2.33. The summed E-state index contributed by atoms with van der Waals surface area (Å²) >= 11 is 0. The largest absolute Gasteiger partial charge is 0.368 e. The van der Waals surface area contributed by atoms with E-state index in [1.54, 1.807) is 0 Å². The van der Waals surface area contributed by atoms with Crippen LogP contribution in [0.25, 0.3) is 0 Å². The molecule has 0 fully saturated rings. The number of carbonyl (C=O) groups excluding carboxylic acids is 1. The second-order valence-corrected chi connectivity index (χ2v) is 4.25. The van der Waals surface area contributed by atoms with Crippen molar-refractivity contribution in [3.05, 3.63) is 29.8 Å². The van der Waals surface area contributed by atoms with E-state index in [2.05, 4.69) is 30.9 Å². The lowest BCUT2D eigenvalue weighted by atomic mass is 10.1. The maximum absolute atomic E-state index is 11.4. The predicted octanol–water partition coefficient (Wildman–Crippen LogP) is 1.31. The first-order chi connectivity index (χ1) is 7.11. The minimum atomic E-state index is -0.236. The van der Waals surface area contributed by atoms with Crippen LogP contribution in [0.5, 0.6) is 0 Å². The highest BCUT2D eigenvalue weighted by molar-refractivity contribution is 5.87. The van der Waals surface area contributed by atoms with Crippen LogP contribution in [0.3, 0.4) is 0 Å². The van der Waals surface area contributed by atoms with E-state index in [4.69, 9.17) is 5.73 Å². The number of nitrogens with zero attached hydrogens (tertiary/aromatic N) is 1.